The van der Waals surface area contributed by atoms with Gasteiger partial charge in [-0.15, -0.1) is 0 Å². The van der Waals surface area contributed by atoms with Crippen molar-refractivity contribution in [1.29, 1.82) is 0 Å². The van der Waals surface area contributed by atoms with Gasteiger partial charge < -0.3 is 14.0 Å². The molecular weight excluding hydrogens is 215 g/mol. The first-order valence-corrected chi connectivity index (χ1v) is 5.31. The smallest absolute Gasteiger partial charge is 0.402 e. The zero-order chi connectivity index (χ0) is 11.4. The third-order valence-corrected chi connectivity index (χ3v) is 1.40. The van der Waals surface area contributed by atoms with Crippen LogP contribution in [0.5, 0.6) is 0 Å². The lowest BCUT2D eigenvalue weighted by Gasteiger charge is -2.23. The Labute approximate surface area is 81.2 Å². The van der Waals surface area contributed by atoms with Gasteiger partial charge in [0.25, 0.3) is 0 Å². The van der Waals surface area contributed by atoms with Crippen molar-refractivity contribution in [2.75, 3.05) is 6.61 Å². The number of phosphoric acid groups is 1. The van der Waals surface area contributed by atoms with Gasteiger partial charge in [0.2, 0.25) is 5.79 Å². The standard InChI is InChI=1S/C6H13O7P/c1-4-11-6(2,3)12-5(7)13-14(8,9)10/h4H2,1-3H3,(H2,8,9,10). The first-order valence-electron chi connectivity index (χ1n) is 3.78. The second kappa shape index (κ2) is 4.75. The van der Waals surface area contributed by atoms with Crippen LogP contribution in [-0.2, 0) is 18.6 Å². The van der Waals surface area contributed by atoms with E-state index >= 15 is 0 Å². The third-order valence-electron chi connectivity index (χ3n) is 1.01. The zero-order valence-electron chi connectivity index (χ0n) is 8.09. The van der Waals surface area contributed by atoms with E-state index in [1.54, 1.807) is 6.92 Å². The fourth-order valence-electron chi connectivity index (χ4n) is 0.693. The van der Waals surface area contributed by atoms with Gasteiger partial charge in [-0.25, -0.2) is 9.36 Å². The largest absolute Gasteiger partial charge is 0.529 e. The molecule has 0 heterocycles. The summed E-state index contributed by atoms with van der Waals surface area (Å²) in [5, 5.41) is 0. The van der Waals surface area contributed by atoms with Gasteiger partial charge in [0, 0.05) is 20.5 Å². The maximum atomic E-state index is 10.7. The van der Waals surface area contributed by atoms with Gasteiger partial charge in [0.05, 0.1) is 0 Å². The number of carbonyl (C=O) groups excluding carboxylic acids is 1. The van der Waals surface area contributed by atoms with Gasteiger partial charge in [-0.05, 0) is 6.92 Å². The van der Waals surface area contributed by atoms with Gasteiger partial charge in [0.15, 0.2) is 0 Å². The summed E-state index contributed by atoms with van der Waals surface area (Å²) in [6.07, 6.45) is -1.48. The molecule has 0 spiro atoms. The van der Waals surface area contributed by atoms with Crippen LogP contribution in [0.2, 0.25) is 0 Å². The fourth-order valence-corrected chi connectivity index (χ4v) is 0.925. The summed E-state index contributed by atoms with van der Waals surface area (Å²) >= 11 is 0. The lowest BCUT2D eigenvalue weighted by atomic mass is 10.4. The maximum absolute atomic E-state index is 10.7. The van der Waals surface area contributed by atoms with E-state index in [0.717, 1.165) is 0 Å². The highest BCUT2D eigenvalue weighted by Crippen LogP contribution is 2.36. The minimum absolute atomic E-state index is 0.288. The van der Waals surface area contributed by atoms with E-state index in [1.165, 1.54) is 13.8 Å². The molecular formula is C6H13O7P. The average molecular weight is 228 g/mol. The van der Waals surface area contributed by atoms with Crippen molar-refractivity contribution >= 4 is 14.0 Å². The molecule has 0 aliphatic heterocycles. The highest BCUT2D eigenvalue weighted by molar-refractivity contribution is 7.46. The minimum Gasteiger partial charge on any atom is -0.402 e. The predicted molar refractivity (Wildman–Crippen MR) is 45.3 cm³/mol. The molecule has 0 aliphatic rings. The first kappa shape index (κ1) is 13.4. The summed E-state index contributed by atoms with van der Waals surface area (Å²) < 4.78 is 23.3. The molecule has 0 amide bonds. The van der Waals surface area contributed by atoms with Crippen molar-refractivity contribution in [3.05, 3.63) is 0 Å². The highest BCUT2D eigenvalue weighted by Gasteiger charge is 2.28. The van der Waals surface area contributed by atoms with Crippen molar-refractivity contribution < 1.29 is 33.1 Å². The monoisotopic (exact) mass is 228 g/mol. The molecule has 0 unspecified atom stereocenters. The predicted octanol–water partition coefficient (Wildman–Crippen LogP) is 1.00. The number of rotatable bonds is 4. The zero-order valence-corrected chi connectivity index (χ0v) is 8.98. The molecule has 7 nitrogen and oxygen atoms in total. The van der Waals surface area contributed by atoms with Crippen LogP contribution in [0, 0.1) is 0 Å². The number of hydrogen-bond donors (Lipinski definition) is 2. The Morgan fingerprint density at radius 2 is 1.93 bits per heavy atom. The Hall–Kier alpha value is -0.620. The second-order valence-corrected chi connectivity index (χ2v) is 3.93. The van der Waals surface area contributed by atoms with Crippen molar-refractivity contribution in [3.63, 3.8) is 0 Å². The van der Waals surface area contributed by atoms with E-state index in [2.05, 4.69) is 9.26 Å². The molecule has 0 radical (unpaired) electrons. The van der Waals surface area contributed by atoms with Crippen LogP contribution in [0.3, 0.4) is 0 Å². The fraction of sp³-hybridized carbons (Fsp3) is 0.833. The summed E-state index contributed by atoms with van der Waals surface area (Å²) in [7, 11) is -4.86. The molecule has 0 aromatic heterocycles. The molecule has 0 aromatic carbocycles. The SMILES string of the molecule is CCOC(C)(C)OC(=O)OP(=O)(O)O. The lowest BCUT2D eigenvalue weighted by molar-refractivity contribution is -0.181. The van der Waals surface area contributed by atoms with E-state index in [1.807, 2.05) is 0 Å². The summed E-state index contributed by atoms with van der Waals surface area (Å²) in [5.74, 6) is -1.28. The van der Waals surface area contributed by atoms with Gasteiger partial charge in [-0.1, -0.05) is 0 Å². The van der Waals surface area contributed by atoms with Crippen LogP contribution >= 0.6 is 7.82 Å². The number of phosphoric ester groups is 1. The summed E-state index contributed by atoms with van der Waals surface area (Å²) in [6, 6.07) is 0. The molecule has 0 aromatic rings. The normalized spacial score (nSPS) is 12.4. The van der Waals surface area contributed by atoms with E-state index in [0.29, 0.717) is 0 Å². The van der Waals surface area contributed by atoms with E-state index in [-0.39, 0.29) is 6.61 Å². The van der Waals surface area contributed by atoms with E-state index < -0.39 is 19.8 Å². The molecule has 0 saturated carbocycles. The average Bonchev–Trinajstić information content (AvgIpc) is 1.78. The van der Waals surface area contributed by atoms with Crippen LogP contribution < -0.4 is 0 Å². The van der Waals surface area contributed by atoms with Gasteiger partial charge in [-0.2, -0.15) is 0 Å². The number of carbonyl (C=O) groups is 1. The van der Waals surface area contributed by atoms with Crippen molar-refractivity contribution in [1.82, 2.24) is 0 Å². The first-order chi connectivity index (χ1) is 6.16. The molecule has 8 heteroatoms. The van der Waals surface area contributed by atoms with Gasteiger partial charge in [-0.3, -0.25) is 9.79 Å². The van der Waals surface area contributed by atoms with Crippen molar-refractivity contribution in [3.8, 4) is 0 Å². The summed E-state index contributed by atoms with van der Waals surface area (Å²) in [4.78, 5) is 27.3. The molecule has 0 saturated heterocycles. The molecule has 14 heavy (non-hydrogen) atoms. The second-order valence-electron chi connectivity index (χ2n) is 2.77. The lowest BCUT2D eigenvalue weighted by Crippen LogP contribution is -2.31. The number of hydrogen-bond acceptors (Lipinski definition) is 5. The molecule has 0 fully saturated rings. The molecule has 0 atom stereocenters. The van der Waals surface area contributed by atoms with Crippen LogP contribution in [0.1, 0.15) is 20.8 Å². The molecule has 0 aliphatic carbocycles. The van der Waals surface area contributed by atoms with Gasteiger partial charge >= 0.3 is 14.0 Å². The minimum atomic E-state index is -4.86. The molecule has 0 rings (SSSR count). The molecule has 0 bridgehead atoms. The Morgan fingerprint density at radius 1 is 1.43 bits per heavy atom. The van der Waals surface area contributed by atoms with Crippen LogP contribution in [-0.4, -0.2) is 28.3 Å². The van der Waals surface area contributed by atoms with Crippen molar-refractivity contribution in [2.45, 2.75) is 26.6 Å². The maximum Gasteiger partial charge on any atom is 0.529 e. The summed E-state index contributed by atoms with van der Waals surface area (Å²) in [5.41, 5.74) is 0. The molecule has 2 N–H and O–H groups in total. The van der Waals surface area contributed by atoms with E-state index in [4.69, 9.17) is 14.5 Å². The highest BCUT2D eigenvalue weighted by atomic mass is 31.2. The Bertz CT molecular complexity index is 243. The third kappa shape index (κ3) is 6.85. The Morgan fingerprint density at radius 3 is 2.29 bits per heavy atom. The van der Waals surface area contributed by atoms with Crippen LogP contribution in [0.15, 0.2) is 0 Å². The molecule has 84 valence electrons. The Balaban J connectivity index is 4.12. The van der Waals surface area contributed by atoms with Crippen molar-refractivity contribution in [2.24, 2.45) is 0 Å². The number of ether oxygens (including phenoxy) is 2. The quantitative estimate of drug-likeness (QED) is 0.420. The van der Waals surface area contributed by atoms with Gasteiger partial charge in [0.1, 0.15) is 0 Å². The van der Waals surface area contributed by atoms with E-state index in [9.17, 15) is 9.36 Å². The van der Waals surface area contributed by atoms with Crippen LogP contribution in [0.4, 0.5) is 4.79 Å². The van der Waals surface area contributed by atoms with Crippen LogP contribution in [0.25, 0.3) is 0 Å². The Kier molecular flexibility index (Phi) is 4.54. The topological polar surface area (TPSA) is 102 Å². The summed E-state index contributed by atoms with van der Waals surface area (Å²) in [6.45, 7) is 4.80.